The average Bonchev–Trinajstić information content (AvgIpc) is 3.51. The lowest BCUT2D eigenvalue weighted by atomic mass is 9.78. The first-order chi connectivity index (χ1) is 17.0. The molecule has 4 aliphatic rings. The zero-order chi connectivity index (χ0) is 24.1. The Morgan fingerprint density at radius 1 is 0.943 bits per heavy atom. The van der Waals surface area contributed by atoms with Gasteiger partial charge in [-0.1, -0.05) is 48.5 Å². The summed E-state index contributed by atoms with van der Waals surface area (Å²) >= 11 is 0. The number of rotatable bonds is 6. The number of hydrogen-bond donors (Lipinski definition) is 2. The van der Waals surface area contributed by atoms with E-state index < -0.39 is 18.0 Å². The molecule has 2 heterocycles. The average molecular weight is 475 g/mol. The molecule has 3 unspecified atom stereocenters. The Balaban J connectivity index is 0.978. The Morgan fingerprint density at radius 3 is 2.23 bits per heavy atom. The van der Waals surface area contributed by atoms with E-state index >= 15 is 0 Å². The highest BCUT2D eigenvalue weighted by Crippen LogP contribution is 2.45. The van der Waals surface area contributed by atoms with Gasteiger partial charge in [0.05, 0.1) is 5.92 Å². The summed E-state index contributed by atoms with van der Waals surface area (Å²) in [7, 11) is 0. The summed E-state index contributed by atoms with van der Waals surface area (Å²) in [6, 6.07) is 16.5. The lowest BCUT2D eigenvalue weighted by molar-refractivity contribution is -0.143. The molecule has 35 heavy (non-hydrogen) atoms. The lowest BCUT2D eigenvalue weighted by Gasteiger charge is -2.36. The zero-order valence-electron chi connectivity index (χ0n) is 19.6. The van der Waals surface area contributed by atoms with Crippen LogP contribution in [0.2, 0.25) is 0 Å². The minimum Gasteiger partial charge on any atom is -0.481 e. The molecule has 2 aliphatic heterocycles. The van der Waals surface area contributed by atoms with Crippen LogP contribution < -0.4 is 5.32 Å². The van der Waals surface area contributed by atoms with Crippen molar-refractivity contribution in [3.63, 3.8) is 0 Å². The van der Waals surface area contributed by atoms with Crippen molar-refractivity contribution in [2.75, 3.05) is 6.61 Å². The first-order valence-corrected chi connectivity index (χ1v) is 12.6. The number of alkyl carbamates (subject to hydrolysis) is 1. The van der Waals surface area contributed by atoms with Gasteiger partial charge in [0.1, 0.15) is 6.61 Å². The van der Waals surface area contributed by atoms with Crippen LogP contribution >= 0.6 is 0 Å². The molecule has 0 aromatic heterocycles. The molecule has 2 aromatic carbocycles. The molecule has 6 rings (SSSR count). The van der Waals surface area contributed by atoms with Gasteiger partial charge >= 0.3 is 12.1 Å². The third kappa shape index (κ3) is 3.87. The van der Waals surface area contributed by atoms with Crippen LogP contribution in [-0.4, -0.2) is 52.7 Å². The van der Waals surface area contributed by atoms with Gasteiger partial charge in [-0.2, -0.15) is 0 Å². The van der Waals surface area contributed by atoms with E-state index in [4.69, 9.17) is 4.74 Å². The first kappa shape index (κ1) is 22.1. The van der Waals surface area contributed by atoms with E-state index in [1.165, 1.54) is 22.3 Å². The van der Waals surface area contributed by atoms with Gasteiger partial charge in [0.15, 0.2) is 0 Å². The third-order valence-corrected chi connectivity index (χ3v) is 8.51. The maximum atomic E-state index is 12.9. The molecule has 1 saturated carbocycles. The molecule has 0 radical (unpaired) electrons. The number of aliphatic carboxylic acids is 1. The quantitative estimate of drug-likeness (QED) is 0.656. The number of carbonyl (C=O) groups excluding carboxylic acids is 2. The summed E-state index contributed by atoms with van der Waals surface area (Å²) in [6.07, 6.45) is 3.82. The number of carboxylic acid groups (broad SMARTS) is 1. The van der Waals surface area contributed by atoms with Crippen molar-refractivity contribution in [3.05, 3.63) is 59.7 Å². The number of nitrogens with zero attached hydrogens (tertiary/aromatic N) is 1. The molecular formula is C28H30N2O5. The van der Waals surface area contributed by atoms with E-state index in [1.54, 1.807) is 0 Å². The molecule has 2 aliphatic carbocycles. The van der Waals surface area contributed by atoms with Gasteiger partial charge in [-0.05, 0) is 60.3 Å². The summed E-state index contributed by atoms with van der Waals surface area (Å²) in [5, 5.41) is 12.4. The SMILES string of the molecule is O=C(NC1CC(CC(=O)N2C3CCC2C(C(=O)O)C3)C1)OCC1c2ccccc2-c2ccccc21. The lowest BCUT2D eigenvalue weighted by Crippen LogP contribution is -2.47. The van der Waals surface area contributed by atoms with Crippen molar-refractivity contribution < 1.29 is 24.2 Å². The number of ether oxygens (including phenoxy) is 1. The number of benzene rings is 2. The van der Waals surface area contributed by atoms with E-state index in [9.17, 15) is 19.5 Å². The predicted molar refractivity (Wildman–Crippen MR) is 129 cm³/mol. The fourth-order valence-corrected chi connectivity index (χ4v) is 6.82. The highest BCUT2D eigenvalue weighted by atomic mass is 16.5. The Hall–Kier alpha value is -3.35. The van der Waals surface area contributed by atoms with Gasteiger partial charge in [-0.3, -0.25) is 9.59 Å². The number of carboxylic acids is 1. The highest BCUT2D eigenvalue weighted by molar-refractivity contribution is 5.81. The second-order valence-electron chi connectivity index (χ2n) is 10.5. The van der Waals surface area contributed by atoms with Gasteiger partial charge in [-0.25, -0.2) is 4.79 Å². The van der Waals surface area contributed by atoms with Crippen molar-refractivity contribution in [2.45, 2.75) is 62.6 Å². The number of carbonyl (C=O) groups is 3. The second kappa shape index (κ2) is 8.70. The van der Waals surface area contributed by atoms with Crippen LogP contribution in [0.25, 0.3) is 11.1 Å². The standard InChI is InChI=1S/C28H30N2O5/c31-26(30-18-9-10-25(30)23(14-18)27(32)33)13-16-11-17(12-16)29-28(34)35-15-24-21-7-3-1-5-19(21)20-6-2-4-8-22(20)24/h1-8,16-18,23-25H,9-15H2,(H,29,34)(H,32,33). The molecule has 182 valence electrons. The van der Waals surface area contributed by atoms with Crippen LogP contribution in [0.4, 0.5) is 4.79 Å². The molecule has 0 spiro atoms. The van der Waals surface area contributed by atoms with E-state index in [2.05, 4.69) is 29.6 Å². The van der Waals surface area contributed by atoms with Gasteiger partial charge in [0, 0.05) is 30.5 Å². The molecule has 2 saturated heterocycles. The Morgan fingerprint density at radius 2 is 1.60 bits per heavy atom. The topological polar surface area (TPSA) is 95.9 Å². The predicted octanol–water partition coefficient (Wildman–Crippen LogP) is 4.16. The van der Waals surface area contributed by atoms with Gasteiger partial charge in [0.25, 0.3) is 0 Å². The van der Waals surface area contributed by atoms with Crippen molar-refractivity contribution in [1.82, 2.24) is 10.2 Å². The summed E-state index contributed by atoms with van der Waals surface area (Å²) in [6.45, 7) is 0.289. The van der Waals surface area contributed by atoms with Gasteiger partial charge < -0.3 is 20.1 Å². The Bertz CT molecular complexity index is 1130. The monoisotopic (exact) mass is 474 g/mol. The summed E-state index contributed by atoms with van der Waals surface area (Å²) in [4.78, 5) is 38.7. The molecule has 3 fully saturated rings. The summed E-state index contributed by atoms with van der Waals surface area (Å²) < 4.78 is 5.63. The first-order valence-electron chi connectivity index (χ1n) is 12.6. The molecule has 2 aromatic rings. The summed E-state index contributed by atoms with van der Waals surface area (Å²) in [5.41, 5.74) is 4.77. The Kier molecular flexibility index (Phi) is 5.50. The number of fused-ring (bicyclic) bond motifs is 5. The van der Waals surface area contributed by atoms with Gasteiger partial charge in [-0.15, -0.1) is 0 Å². The molecule has 7 nitrogen and oxygen atoms in total. The molecule has 3 atom stereocenters. The number of amides is 2. The van der Waals surface area contributed by atoms with Crippen molar-refractivity contribution in [2.24, 2.45) is 11.8 Å². The van der Waals surface area contributed by atoms with Crippen molar-refractivity contribution >= 4 is 18.0 Å². The number of hydrogen-bond acceptors (Lipinski definition) is 4. The minimum absolute atomic E-state index is 0.0190. The summed E-state index contributed by atoms with van der Waals surface area (Å²) in [5.74, 6) is -0.867. The highest BCUT2D eigenvalue weighted by Gasteiger charge is 2.51. The number of nitrogens with one attached hydrogen (secondary N) is 1. The molecule has 7 heteroatoms. The molecule has 2 bridgehead atoms. The van der Waals surface area contributed by atoms with Crippen molar-refractivity contribution in [1.29, 1.82) is 0 Å². The fourth-order valence-electron chi connectivity index (χ4n) is 6.82. The smallest absolute Gasteiger partial charge is 0.407 e. The minimum atomic E-state index is -0.786. The van der Waals surface area contributed by atoms with Crippen LogP contribution in [-0.2, 0) is 14.3 Å². The van der Waals surface area contributed by atoms with E-state index in [0.717, 1.165) is 25.7 Å². The Labute approximate surface area is 204 Å². The van der Waals surface area contributed by atoms with Crippen molar-refractivity contribution in [3.8, 4) is 11.1 Å². The van der Waals surface area contributed by atoms with Gasteiger partial charge in [0.2, 0.25) is 5.91 Å². The van der Waals surface area contributed by atoms with E-state index in [1.807, 2.05) is 29.2 Å². The van der Waals surface area contributed by atoms with E-state index in [-0.39, 0.29) is 42.5 Å². The maximum absolute atomic E-state index is 12.9. The van der Waals surface area contributed by atoms with Crippen LogP contribution in [0.1, 0.15) is 55.6 Å². The molecule has 2 amide bonds. The van der Waals surface area contributed by atoms with Crippen LogP contribution in [0, 0.1) is 11.8 Å². The van der Waals surface area contributed by atoms with E-state index in [0.29, 0.717) is 12.8 Å². The largest absolute Gasteiger partial charge is 0.481 e. The normalized spacial score (nSPS) is 28.2. The van der Waals surface area contributed by atoms with Crippen LogP contribution in [0.5, 0.6) is 0 Å². The molecule has 2 N–H and O–H groups in total. The fraction of sp³-hybridized carbons (Fsp3) is 0.464. The maximum Gasteiger partial charge on any atom is 0.407 e. The second-order valence-corrected chi connectivity index (χ2v) is 10.5. The zero-order valence-corrected chi connectivity index (χ0v) is 19.6. The van der Waals surface area contributed by atoms with Crippen LogP contribution in [0.3, 0.4) is 0 Å². The van der Waals surface area contributed by atoms with Crippen LogP contribution in [0.15, 0.2) is 48.5 Å². The third-order valence-electron chi connectivity index (χ3n) is 8.51. The molecular weight excluding hydrogens is 444 g/mol.